The Morgan fingerprint density at radius 2 is 2.11 bits per heavy atom. The number of rotatable bonds is 3. The van der Waals surface area contributed by atoms with Crippen molar-refractivity contribution in [1.29, 1.82) is 0 Å². The molecular formula is C14H18N2O3. The molecule has 0 saturated carbocycles. The second-order valence-electron chi connectivity index (χ2n) is 5.29. The summed E-state index contributed by atoms with van der Waals surface area (Å²) in [6.45, 7) is 4.73. The molecule has 102 valence electrons. The topological polar surface area (TPSA) is 72.6 Å². The van der Waals surface area contributed by atoms with Gasteiger partial charge in [0, 0.05) is 24.2 Å². The Labute approximate surface area is 112 Å². The summed E-state index contributed by atoms with van der Waals surface area (Å²) in [4.78, 5) is 24.8. The lowest BCUT2D eigenvalue weighted by Crippen LogP contribution is -2.45. The SMILES string of the molecule is CC(C)(CN1CCC(=O)c2ccccc21)OC(N)=O. The Balaban J connectivity index is 2.21. The number of benzene rings is 1. The molecule has 1 heterocycles. The molecule has 0 fully saturated rings. The number of anilines is 1. The summed E-state index contributed by atoms with van der Waals surface area (Å²) >= 11 is 0. The van der Waals surface area contributed by atoms with Crippen LogP contribution in [0.1, 0.15) is 30.6 Å². The molecule has 0 radical (unpaired) electrons. The summed E-state index contributed by atoms with van der Waals surface area (Å²) in [7, 11) is 0. The molecule has 1 aromatic rings. The Bertz CT molecular complexity index is 511. The monoisotopic (exact) mass is 262 g/mol. The van der Waals surface area contributed by atoms with Crippen LogP contribution in [0.25, 0.3) is 0 Å². The van der Waals surface area contributed by atoms with Crippen molar-refractivity contribution in [3.63, 3.8) is 0 Å². The van der Waals surface area contributed by atoms with Crippen molar-refractivity contribution >= 4 is 17.6 Å². The molecule has 0 saturated heterocycles. The van der Waals surface area contributed by atoms with Gasteiger partial charge in [0.25, 0.3) is 0 Å². The molecule has 1 amide bonds. The minimum atomic E-state index is -0.786. The van der Waals surface area contributed by atoms with Crippen LogP contribution < -0.4 is 10.6 Å². The van der Waals surface area contributed by atoms with E-state index in [-0.39, 0.29) is 5.78 Å². The van der Waals surface area contributed by atoms with Gasteiger partial charge in [-0.2, -0.15) is 0 Å². The van der Waals surface area contributed by atoms with Crippen molar-refractivity contribution in [2.24, 2.45) is 5.73 Å². The predicted molar refractivity (Wildman–Crippen MR) is 72.3 cm³/mol. The third kappa shape index (κ3) is 3.05. The van der Waals surface area contributed by atoms with Crippen molar-refractivity contribution in [3.05, 3.63) is 29.8 Å². The molecule has 2 N–H and O–H groups in total. The highest BCUT2D eigenvalue weighted by Crippen LogP contribution is 2.28. The van der Waals surface area contributed by atoms with Crippen LogP contribution in [0.5, 0.6) is 0 Å². The second kappa shape index (κ2) is 4.91. The average molecular weight is 262 g/mol. The summed E-state index contributed by atoms with van der Waals surface area (Å²) in [5, 5.41) is 0. The summed E-state index contributed by atoms with van der Waals surface area (Å²) in [5.41, 5.74) is 5.99. The van der Waals surface area contributed by atoms with Crippen LogP contribution in [0.2, 0.25) is 0 Å². The molecule has 0 aromatic heterocycles. The van der Waals surface area contributed by atoms with Crippen LogP contribution >= 0.6 is 0 Å². The van der Waals surface area contributed by atoms with Crippen molar-refractivity contribution in [2.75, 3.05) is 18.0 Å². The van der Waals surface area contributed by atoms with Crippen molar-refractivity contribution in [2.45, 2.75) is 25.9 Å². The number of hydrogen-bond donors (Lipinski definition) is 1. The van der Waals surface area contributed by atoms with Crippen LogP contribution in [0.4, 0.5) is 10.5 Å². The van der Waals surface area contributed by atoms with Gasteiger partial charge in [0.2, 0.25) is 0 Å². The van der Waals surface area contributed by atoms with Crippen LogP contribution in [0.15, 0.2) is 24.3 Å². The minimum Gasteiger partial charge on any atom is -0.442 e. The Hall–Kier alpha value is -2.04. The molecule has 19 heavy (non-hydrogen) atoms. The number of primary amides is 1. The number of hydrogen-bond acceptors (Lipinski definition) is 4. The normalized spacial score (nSPS) is 15.1. The van der Waals surface area contributed by atoms with E-state index in [0.717, 1.165) is 11.3 Å². The van der Waals surface area contributed by atoms with Gasteiger partial charge in [-0.05, 0) is 26.0 Å². The molecule has 1 aliphatic rings. The number of Topliss-reactive ketones (excluding diaryl/α,β-unsaturated/α-hetero) is 1. The average Bonchev–Trinajstić information content (AvgIpc) is 2.31. The van der Waals surface area contributed by atoms with E-state index in [1.807, 2.05) is 24.3 Å². The molecule has 0 unspecified atom stereocenters. The molecule has 1 aromatic carbocycles. The van der Waals surface area contributed by atoms with E-state index in [9.17, 15) is 9.59 Å². The molecule has 0 bridgehead atoms. The number of para-hydroxylation sites is 1. The standard InChI is InChI=1S/C14H18N2O3/c1-14(2,19-13(15)18)9-16-8-7-12(17)10-5-3-4-6-11(10)16/h3-6H,7-9H2,1-2H3,(H2,15,18). The lowest BCUT2D eigenvalue weighted by molar-refractivity contribution is 0.0502. The van der Waals surface area contributed by atoms with E-state index in [4.69, 9.17) is 10.5 Å². The lowest BCUT2D eigenvalue weighted by Gasteiger charge is -2.36. The highest BCUT2D eigenvalue weighted by Gasteiger charge is 2.29. The third-order valence-electron chi connectivity index (χ3n) is 3.10. The predicted octanol–water partition coefficient (Wildman–Crippen LogP) is 1.95. The zero-order chi connectivity index (χ0) is 14.0. The number of nitrogens with two attached hydrogens (primary N) is 1. The summed E-state index contributed by atoms with van der Waals surface area (Å²) in [6, 6.07) is 7.48. The number of ether oxygens (including phenoxy) is 1. The van der Waals surface area contributed by atoms with E-state index in [1.54, 1.807) is 13.8 Å². The number of fused-ring (bicyclic) bond motifs is 1. The fourth-order valence-corrected chi connectivity index (χ4v) is 2.41. The third-order valence-corrected chi connectivity index (χ3v) is 3.10. The Morgan fingerprint density at radius 1 is 1.42 bits per heavy atom. The lowest BCUT2D eigenvalue weighted by atomic mass is 9.98. The molecule has 0 aliphatic carbocycles. The molecule has 0 atom stereocenters. The largest absolute Gasteiger partial charge is 0.442 e. The maximum atomic E-state index is 11.8. The summed E-state index contributed by atoms with van der Waals surface area (Å²) in [6.07, 6.45) is -0.310. The molecule has 0 spiro atoms. The Morgan fingerprint density at radius 3 is 2.79 bits per heavy atom. The van der Waals surface area contributed by atoms with Crippen LogP contribution in [0.3, 0.4) is 0 Å². The quantitative estimate of drug-likeness (QED) is 0.903. The summed E-state index contributed by atoms with van der Waals surface area (Å²) in [5.74, 6) is 0.153. The van der Waals surface area contributed by atoms with Gasteiger partial charge in [-0.3, -0.25) is 4.79 Å². The second-order valence-corrected chi connectivity index (χ2v) is 5.29. The van der Waals surface area contributed by atoms with E-state index >= 15 is 0 Å². The first-order chi connectivity index (χ1) is 8.89. The molecule has 5 heteroatoms. The van der Waals surface area contributed by atoms with Gasteiger partial charge in [-0.25, -0.2) is 4.79 Å². The fraction of sp³-hybridized carbons (Fsp3) is 0.429. The number of nitrogens with zero attached hydrogens (tertiary/aromatic N) is 1. The first-order valence-corrected chi connectivity index (χ1v) is 6.25. The smallest absolute Gasteiger partial charge is 0.405 e. The maximum Gasteiger partial charge on any atom is 0.405 e. The highest BCUT2D eigenvalue weighted by molar-refractivity contribution is 6.03. The van der Waals surface area contributed by atoms with Crippen molar-refractivity contribution < 1.29 is 14.3 Å². The van der Waals surface area contributed by atoms with Crippen molar-refractivity contribution in [1.82, 2.24) is 0 Å². The van der Waals surface area contributed by atoms with Crippen LogP contribution in [0, 0.1) is 0 Å². The summed E-state index contributed by atoms with van der Waals surface area (Å²) < 4.78 is 5.09. The number of carbonyl (C=O) groups excluding carboxylic acids is 2. The molecule has 2 rings (SSSR count). The zero-order valence-electron chi connectivity index (χ0n) is 11.2. The Kier molecular flexibility index (Phi) is 3.46. The van der Waals surface area contributed by atoms with Gasteiger partial charge in [-0.1, -0.05) is 12.1 Å². The van der Waals surface area contributed by atoms with Crippen LogP contribution in [-0.2, 0) is 4.74 Å². The van der Waals surface area contributed by atoms with Gasteiger partial charge in [0.05, 0.1) is 6.54 Å². The van der Waals surface area contributed by atoms with Crippen molar-refractivity contribution in [3.8, 4) is 0 Å². The first kappa shape index (κ1) is 13.4. The van der Waals surface area contributed by atoms with Crippen LogP contribution in [-0.4, -0.2) is 30.6 Å². The zero-order valence-corrected chi connectivity index (χ0v) is 11.2. The molecular weight excluding hydrogens is 244 g/mol. The fourth-order valence-electron chi connectivity index (χ4n) is 2.41. The van der Waals surface area contributed by atoms with E-state index in [1.165, 1.54) is 0 Å². The van der Waals surface area contributed by atoms with E-state index in [0.29, 0.717) is 19.5 Å². The molecule has 5 nitrogen and oxygen atoms in total. The number of carbonyl (C=O) groups is 2. The van der Waals surface area contributed by atoms with Gasteiger partial charge in [0.15, 0.2) is 5.78 Å². The van der Waals surface area contributed by atoms with Gasteiger partial charge < -0.3 is 15.4 Å². The highest BCUT2D eigenvalue weighted by atomic mass is 16.6. The first-order valence-electron chi connectivity index (χ1n) is 6.25. The van der Waals surface area contributed by atoms with E-state index < -0.39 is 11.7 Å². The van der Waals surface area contributed by atoms with Gasteiger partial charge in [-0.15, -0.1) is 0 Å². The van der Waals surface area contributed by atoms with E-state index in [2.05, 4.69) is 4.90 Å². The minimum absolute atomic E-state index is 0.153. The molecule has 1 aliphatic heterocycles. The van der Waals surface area contributed by atoms with Gasteiger partial charge >= 0.3 is 6.09 Å². The number of ketones is 1. The van der Waals surface area contributed by atoms with Gasteiger partial charge in [0.1, 0.15) is 5.60 Å². The maximum absolute atomic E-state index is 11.8. The number of amides is 1.